The lowest BCUT2D eigenvalue weighted by atomic mass is 10.1. The minimum atomic E-state index is -0.517. The molecular formula is C37H27ClN4O4S. The van der Waals surface area contributed by atoms with Gasteiger partial charge in [0.2, 0.25) is 11.8 Å². The van der Waals surface area contributed by atoms with Crippen molar-refractivity contribution in [3.8, 4) is 11.5 Å². The predicted molar refractivity (Wildman–Crippen MR) is 187 cm³/mol. The highest BCUT2D eigenvalue weighted by molar-refractivity contribution is 8.00. The standard InChI is InChI=1S/C37H27ClN4O4S/c38-30-11-5-4-10-26(30)22-32(41-35(44)24-8-2-1-3-9-24)36(45)40-28-18-20-29(21-19-28)47-23-34(43)39-27-16-14-25(15-17-27)37-42-31-12-6-7-13-33(31)46-37/h1-22H,23H2,(H,39,43)(H,40,45)(H,41,44)/b32-22-. The van der Waals surface area contributed by atoms with Gasteiger partial charge in [0.1, 0.15) is 11.2 Å². The third-order valence-electron chi connectivity index (χ3n) is 6.93. The Morgan fingerprint density at radius 3 is 2.15 bits per heavy atom. The molecule has 0 bridgehead atoms. The molecule has 3 amide bonds. The number of carbonyl (C=O) groups is 3. The number of oxazole rings is 1. The van der Waals surface area contributed by atoms with Crippen LogP contribution in [0.15, 0.2) is 142 Å². The maximum absolute atomic E-state index is 13.3. The van der Waals surface area contributed by atoms with Gasteiger partial charge in [0, 0.05) is 32.4 Å². The largest absolute Gasteiger partial charge is 0.436 e. The van der Waals surface area contributed by atoms with Crippen molar-refractivity contribution in [1.29, 1.82) is 0 Å². The summed E-state index contributed by atoms with van der Waals surface area (Å²) in [7, 11) is 0. The van der Waals surface area contributed by atoms with E-state index in [1.54, 1.807) is 78.9 Å². The molecule has 10 heteroatoms. The Labute approximate surface area is 279 Å². The van der Waals surface area contributed by atoms with Crippen LogP contribution in [0.1, 0.15) is 15.9 Å². The fourth-order valence-corrected chi connectivity index (χ4v) is 5.45. The number of fused-ring (bicyclic) bond motifs is 1. The van der Waals surface area contributed by atoms with Gasteiger partial charge in [0.25, 0.3) is 11.8 Å². The summed E-state index contributed by atoms with van der Waals surface area (Å²) in [5, 5.41) is 8.87. The first-order valence-electron chi connectivity index (χ1n) is 14.5. The van der Waals surface area contributed by atoms with E-state index in [-0.39, 0.29) is 17.4 Å². The molecular weight excluding hydrogens is 632 g/mol. The Hall–Kier alpha value is -5.64. The Bertz CT molecular complexity index is 2050. The molecule has 5 aromatic carbocycles. The van der Waals surface area contributed by atoms with Gasteiger partial charge in [-0.1, -0.05) is 60.1 Å². The number of para-hydroxylation sites is 2. The Balaban J connectivity index is 1.04. The van der Waals surface area contributed by atoms with Crippen LogP contribution in [-0.2, 0) is 9.59 Å². The van der Waals surface area contributed by atoms with Crippen molar-refractivity contribution in [3.05, 3.63) is 149 Å². The number of carbonyl (C=O) groups excluding carboxylic acids is 3. The van der Waals surface area contributed by atoms with Gasteiger partial charge >= 0.3 is 0 Å². The number of thioether (sulfide) groups is 1. The summed E-state index contributed by atoms with van der Waals surface area (Å²) < 4.78 is 5.81. The normalized spacial score (nSPS) is 11.2. The first-order valence-corrected chi connectivity index (χ1v) is 15.9. The number of hydrogen-bond acceptors (Lipinski definition) is 6. The van der Waals surface area contributed by atoms with E-state index in [1.165, 1.54) is 17.8 Å². The summed E-state index contributed by atoms with van der Waals surface area (Å²) in [6.45, 7) is 0. The van der Waals surface area contributed by atoms with E-state index in [2.05, 4.69) is 20.9 Å². The molecule has 0 spiro atoms. The van der Waals surface area contributed by atoms with Crippen molar-refractivity contribution in [1.82, 2.24) is 10.3 Å². The van der Waals surface area contributed by atoms with Crippen LogP contribution in [0.25, 0.3) is 28.6 Å². The van der Waals surface area contributed by atoms with E-state index >= 15 is 0 Å². The van der Waals surface area contributed by atoms with Crippen LogP contribution in [0.2, 0.25) is 5.02 Å². The number of aromatic nitrogens is 1. The summed E-state index contributed by atoms with van der Waals surface area (Å²) in [6.07, 6.45) is 1.53. The smallest absolute Gasteiger partial charge is 0.272 e. The molecule has 0 radical (unpaired) electrons. The second-order valence-corrected chi connectivity index (χ2v) is 11.7. The van der Waals surface area contributed by atoms with Gasteiger partial charge in [-0.2, -0.15) is 0 Å². The summed E-state index contributed by atoms with van der Waals surface area (Å²) in [4.78, 5) is 44.2. The lowest BCUT2D eigenvalue weighted by molar-refractivity contribution is -0.114. The van der Waals surface area contributed by atoms with Gasteiger partial charge in [-0.3, -0.25) is 14.4 Å². The third-order valence-corrected chi connectivity index (χ3v) is 8.28. The molecule has 1 heterocycles. The summed E-state index contributed by atoms with van der Waals surface area (Å²) in [6, 6.07) is 37.6. The first kappa shape index (κ1) is 31.3. The van der Waals surface area contributed by atoms with Gasteiger partial charge < -0.3 is 20.4 Å². The van der Waals surface area contributed by atoms with E-state index in [0.717, 1.165) is 21.6 Å². The zero-order valence-corrected chi connectivity index (χ0v) is 26.3. The number of rotatable bonds is 10. The van der Waals surface area contributed by atoms with Gasteiger partial charge in [0.05, 0.1) is 5.75 Å². The maximum Gasteiger partial charge on any atom is 0.272 e. The highest BCUT2D eigenvalue weighted by Crippen LogP contribution is 2.26. The third kappa shape index (κ3) is 8.15. The van der Waals surface area contributed by atoms with Crippen molar-refractivity contribution >= 4 is 69.6 Å². The van der Waals surface area contributed by atoms with Crippen LogP contribution in [0.5, 0.6) is 0 Å². The van der Waals surface area contributed by atoms with E-state index in [1.807, 2.05) is 48.5 Å². The minimum absolute atomic E-state index is 0.0314. The number of benzene rings is 5. The quantitative estimate of drug-likeness (QED) is 0.101. The molecule has 6 aromatic rings. The Morgan fingerprint density at radius 1 is 0.745 bits per heavy atom. The molecule has 0 atom stereocenters. The van der Waals surface area contributed by atoms with Crippen LogP contribution in [0, 0.1) is 0 Å². The molecule has 0 aliphatic rings. The number of halogens is 1. The lowest BCUT2D eigenvalue weighted by Gasteiger charge is -2.12. The monoisotopic (exact) mass is 658 g/mol. The van der Waals surface area contributed by atoms with Crippen LogP contribution in [-0.4, -0.2) is 28.5 Å². The van der Waals surface area contributed by atoms with Gasteiger partial charge in [-0.15, -0.1) is 11.8 Å². The molecule has 0 saturated heterocycles. The highest BCUT2D eigenvalue weighted by atomic mass is 35.5. The molecule has 232 valence electrons. The van der Waals surface area contributed by atoms with Crippen molar-refractivity contribution < 1.29 is 18.8 Å². The second kappa shape index (κ2) is 14.6. The minimum Gasteiger partial charge on any atom is -0.436 e. The summed E-state index contributed by atoms with van der Waals surface area (Å²) >= 11 is 7.68. The van der Waals surface area contributed by atoms with Gasteiger partial charge in [-0.05, 0) is 90.5 Å². The van der Waals surface area contributed by atoms with Crippen LogP contribution < -0.4 is 16.0 Å². The van der Waals surface area contributed by atoms with Crippen molar-refractivity contribution in [3.63, 3.8) is 0 Å². The van der Waals surface area contributed by atoms with E-state index in [9.17, 15) is 14.4 Å². The SMILES string of the molecule is O=C(CSc1ccc(NC(=O)/C(=C/c2ccccc2Cl)NC(=O)c2ccccc2)cc1)Nc1ccc(-c2nc3ccccc3o2)cc1. The van der Waals surface area contributed by atoms with Crippen LogP contribution in [0.4, 0.5) is 11.4 Å². The number of nitrogens with zero attached hydrogens (tertiary/aromatic N) is 1. The van der Waals surface area contributed by atoms with Crippen LogP contribution >= 0.6 is 23.4 Å². The van der Waals surface area contributed by atoms with E-state index in [4.69, 9.17) is 16.0 Å². The average molecular weight is 659 g/mol. The van der Waals surface area contributed by atoms with Crippen molar-refractivity contribution in [2.45, 2.75) is 4.90 Å². The molecule has 8 nitrogen and oxygen atoms in total. The molecule has 0 aliphatic carbocycles. The molecule has 0 unspecified atom stereocenters. The van der Waals surface area contributed by atoms with Crippen LogP contribution in [0.3, 0.4) is 0 Å². The maximum atomic E-state index is 13.3. The predicted octanol–water partition coefficient (Wildman–Crippen LogP) is 8.29. The molecule has 0 saturated carbocycles. The van der Waals surface area contributed by atoms with E-state index in [0.29, 0.717) is 33.4 Å². The fourth-order valence-electron chi connectivity index (χ4n) is 4.56. The Morgan fingerprint density at radius 2 is 1.40 bits per heavy atom. The van der Waals surface area contributed by atoms with E-state index < -0.39 is 11.8 Å². The Kier molecular flexibility index (Phi) is 9.76. The lowest BCUT2D eigenvalue weighted by Crippen LogP contribution is -2.30. The molecule has 0 fully saturated rings. The fraction of sp³-hybridized carbons (Fsp3) is 0.0270. The first-order chi connectivity index (χ1) is 22.9. The topological polar surface area (TPSA) is 113 Å². The van der Waals surface area contributed by atoms with Crippen molar-refractivity contribution in [2.24, 2.45) is 0 Å². The van der Waals surface area contributed by atoms with Gasteiger partial charge in [-0.25, -0.2) is 4.98 Å². The number of amides is 3. The zero-order valence-electron chi connectivity index (χ0n) is 24.8. The summed E-state index contributed by atoms with van der Waals surface area (Å²) in [5.74, 6) is -0.400. The van der Waals surface area contributed by atoms with Gasteiger partial charge in [0.15, 0.2) is 5.58 Å². The molecule has 47 heavy (non-hydrogen) atoms. The highest BCUT2D eigenvalue weighted by Gasteiger charge is 2.16. The average Bonchev–Trinajstić information content (AvgIpc) is 3.54. The molecule has 6 rings (SSSR count). The molecule has 1 aromatic heterocycles. The number of anilines is 2. The number of nitrogens with one attached hydrogen (secondary N) is 3. The summed E-state index contributed by atoms with van der Waals surface area (Å²) in [5.41, 5.74) is 4.51. The molecule has 3 N–H and O–H groups in total. The molecule has 0 aliphatic heterocycles. The van der Waals surface area contributed by atoms with Crippen molar-refractivity contribution in [2.75, 3.05) is 16.4 Å². The second-order valence-electron chi connectivity index (χ2n) is 10.3. The number of hydrogen-bond donors (Lipinski definition) is 3. The zero-order chi connectivity index (χ0) is 32.6.